The summed E-state index contributed by atoms with van der Waals surface area (Å²) in [6, 6.07) is 15.4. The van der Waals surface area contributed by atoms with Crippen LogP contribution < -0.4 is 5.32 Å². The molecule has 2 aromatic rings. The fraction of sp³-hybridized carbons (Fsp3) is 0.391. The molecule has 0 radical (unpaired) electrons. The van der Waals surface area contributed by atoms with E-state index in [1.165, 1.54) is 12.1 Å². The Bertz CT molecular complexity index is 1030. The highest BCUT2D eigenvalue weighted by molar-refractivity contribution is 7.92. The minimum absolute atomic E-state index is 0.111. The number of carbonyl (C=O) groups is 2. The molecule has 30 heavy (non-hydrogen) atoms. The number of nitrogens with one attached hydrogen (secondary N) is 1. The van der Waals surface area contributed by atoms with E-state index in [0.717, 1.165) is 12.0 Å². The van der Waals surface area contributed by atoms with Crippen molar-refractivity contribution in [1.29, 1.82) is 0 Å². The summed E-state index contributed by atoms with van der Waals surface area (Å²) in [4.78, 5) is 24.8. The molecule has 1 N–H and O–H groups in total. The van der Waals surface area contributed by atoms with Crippen molar-refractivity contribution < 1.29 is 22.7 Å². The van der Waals surface area contributed by atoms with E-state index in [1.807, 2.05) is 31.2 Å². The lowest BCUT2D eigenvalue weighted by Crippen LogP contribution is -2.45. The summed E-state index contributed by atoms with van der Waals surface area (Å²) in [5.74, 6) is -0.710. The minimum atomic E-state index is -3.89. The molecule has 0 saturated heterocycles. The average Bonchev–Trinajstić information content (AvgIpc) is 3.36. The molecule has 3 atom stereocenters. The van der Waals surface area contributed by atoms with Gasteiger partial charge in [0.25, 0.3) is 0 Å². The van der Waals surface area contributed by atoms with E-state index in [0.29, 0.717) is 11.8 Å². The molecule has 0 heterocycles. The Kier molecular flexibility index (Phi) is 5.78. The van der Waals surface area contributed by atoms with E-state index < -0.39 is 38.2 Å². The van der Waals surface area contributed by atoms with Crippen molar-refractivity contribution in [1.82, 2.24) is 5.32 Å². The number of amides is 1. The Labute approximate surface area is 177 Å². The first-order chi connectivity index (χ1) is 14.0. The van der Waals surface area contributed by atoms with Crippen LogP contribution >= 0.6 is 0 Å². The molecule has 0 unspecified atom stereocenters. The number of aryl methyl sites for hydroxylation is 1. The number of sulfone groups is 1. The van der Waals surface area contributed by atoms with Gasteiger partial charge in [0.1, 0.15) is 22.7 Å². The second-order valence-electron chi connectivity index (χ2n) is 8.53. The third kappa shape index (κ3) is 4.12. The van der Waals surface area contributed by atoms with Crippen molar-refractivity contribution in [2.75, 3.05) is 0 Å². The SMILES string of the molecule is CCc1ccc([C@@H]2[C@H](S(=O)(=O)c3ccccc3)[C@]2(C=O)NC(=O)OC(C)(C)C)cc1. The molecule has 0 spiro atoms. The van der Waals surface area contributed by atoms with Crippen molar-refractivity contribution >= 4 is 22.2 Å². The van der Waals surface area contributed by atoms with Crippen molar-refractivity contribution in [2.45, 2.75) is 61.3 Å². The molecular formula is C23H27NO5S. The maximum absolute atomic E-state index is 13.4. The monoisotopic (exact) mass is 429 g/mol. The lowest BCUT2D eigenvalue weighted by atomic mass is 10.0. The lowest BCUT2D eigenvalue weighted by Gasteiger charge is -2.22. The molecule has 1 fully saturated rings. The van der Waals surface area contributed by atoms with Gasteiger partial charge in [-0.1, -0.05) is 49.4 Å². The normalized spacial score (nSPS) is 23.5. The molecule has 1 aliphatic carbocycles. The Morgan fingerprint density at radius 3 is 2.20 bits per heavy atom. The smallest absolute Gasteiger partial charge is 0.408 e. The molecule has 160 valence electrons. The minimum Gasteiger partial charge on any atom is -0.444 e. The van der Waals surface area contributed by atoms with Crippen molar-refractivity contribution in [3.63, 3.8) is 0 Å². The topological polar surface area (TPSA) is 89.5 Å². The zero-order valence-corrected chi connectivity index (χ0v) is 18.4. The predicted octanol–water partition coefficient (Wildman–Crippen LogP) is 3.65. The first-order valence-electron chi connectivity index (χ1n) is 9.90. The maximum Gasteiger partial charge on any atom is 0.408 e. The number of aldehydes is 1. The highest BCUT2D eigenvalue weighted by atomic mass is 32.2. The number of benzene rings is 2. The van der Waals surface area contributed by atoms with Gasteiger partial charge in [-0.15, -0.1) is 0 Å². The summed E-state index contributed by atoms with van der Waals surface area (Å²) in [5, 5.41) is 1.45. The van der Waals surface area contributed by atoms with E-state index in [-0.39, 0.29) is 4.90 Å². The van der Waals surface area contributed by atoms with E-state index in [4.69, 9.17) is 4.74 Å². The quantitative estimate of drug-likeness (QED) is 0.708. The molecule has 2 aromatic carbocycles. The highest BCUT2D eigenvalue weighted by Gasteiger charge is 2.73. The number of alkyl carbamates (subject to hydrolysis) is 1. The third-order valence-corrected chi connectivity index (χ3v) is 7.50. The lowest BCUT2D eigenvalue weighted by molar-refractivity contribution is -0.110. The average molecular weight is 430 g/mol. The number of ether oxygens (including phenoxy) is 1. The van der Waals surface area contributed by atoms with Gasteiger partial charge in [0.15, 0.2) is 9.84 Å². The van der Waals surface area contributed by atoms with Gasteiger partial charge >= 0.3 is 6.09 Å². The first-order valence-corrected chi connectivity index (χ1v) is 11.4. The second-order valence-corrected chi connectivity index (χ2v) is 10.6. The number of carbonyl (C=O) groups excluding carboxylic acids is 2. The first kappa shape index (κ1) is 22.0. The molecule has 1 aliphatic rings. The second kappa shape index (κ2) is 7.87. The van der Waals surface area contributed by atoms with E-state index >= 15 is 0 Å². The van der Waals surface area contributed by atoms with Crippen LogP contribution in [0.5, 0.6) is 0 Å². The zero-order chi connectivity index (χ0) is 22.2. The van der Waals surface area contributed by atoms with E-state index in [2.05, 4.69) is 5.32 Å². The van der Waals surface area contributed by atoms with Crippen LogP contribution in [0.1, 0.15) is 44.7 Å². The van der Waals surface area contributed by atoms with Crippen LogP contribution in [0.3, 0.4) is 0 Å². The summed E-state index contributed by atoms with van der Waals surface area (Å²) in [6.45, 7) is 7.12. The standard InChI is InChI=1S/C23H27NO5S/c1-5-16-11-13-17(14-12-16)19-20(30(27,28)18-9-7-6-8-10-18)23(19,15-25)24-21(26)29-22(2,3)4/h6-15,19-20H,5H2,1-4H3,(H,24,26)/t19-,20+,23-/m1/s1. The maximum atomic E-state index is 13.4. The molecule has 7 heteroatoms. The number of rotatable bonds is 6. The Morgan fingerprint density at radius 2 is 1.70 bits per heavy atom. The van der Waals surface area contributed by atoms with E-state index in [1.54, 1.807) is 39.0 Å². The molecule has 0 aromatic heterocycles. The van der Waals surface area contributed by atoms with Gasteiger partial charge in [0.2, 0.25) is 0 Å². The highest BCUT2D eigenvalue weighted by Crippen LogP contribution is 2.56. The third-order valence-electron chi connectivity index (χ3n) is 5.24. The van der Waals surface area contributed by atoms with Gasteiger partial charge < -0.3 is 14.8 Å². The number of hydrogen-bond donors (Lipinski definition) is 1. The fourth-order valence-electron chi connectivity index (χ4n) is 3.78. The van der Waals surface area contributed by atoms with Crippen molar-refractivity contribution in [2.24, 2.45) is 0 Å². The Morgan fingerprint density at radius 1 is 1.10 bits per heavy atom. The summed E-state index contributed by atoms with van der Waals surface area (Å²) in [6.07, 6.45) is 0.544. The summed E-state index contributed by atoms with van der Waals surface area (Å²) < 4.78 is 32.1. The summed E-state index contributed by atoms with van der Waals surface area (Å²) >= 11 is 0. The summed E-state index contributed by atoms with van der Waals surface area (Å²) in [7, 11) is -3.89. The van der Waals surface area contributed by atoms with Crippen LogP contribution in [0.25, 0.3) is 0 Å². The van der Waals surface area contributed by atoms with Gasteiger partial charge in [0, 0.05) is 5.92 Å². The van der Waals surface area contributed by atoms with E-state index in [9.17, 15) is 18.0 Å². The van der Waals surface area contributed by atoms with Crippen LogP contribution in [0.4, 0.5) is 4.79 Å². The molecule has 1 amide bonds. The molecule has 0 bridgehead atoms. The summed E-state index contributed by atoms with van der Waals surface area (Å²) in [5.41, 5.74) is -0.599. The molecule has 3 rings (SSSR count). The van der Waals surface area contributed by atoms with Gasteiger partial charge in [0.05, 0.1) is 4.90 Å². The number of hydrogen-bond acceptors (Lipinski definition) is 5. The van der Waals surface area contributed by atoms with Gasteiger partial charge in [-0.3, -0.25) is 0 Å². The molecule has 0 aliphatic heterocycles. The Balaban J connectivity index is 2.04. The van der Waals surface area contributed by atoms with Gasteiger partial charge in [-0.25, -0.2) is 13.2 Å². The Hall–Kier alpha value is -2.67. The van der Waals surface area contributed by atoms with Crippen LogP contribution in [0, 0.1) is 0 Å². The molecule has 1 saturated carbocycles. The van der Waals surface area contributed by atoms with Crippen LogP contribution in [0.15, 0.2) is 59.5 Å². The van der Waals surface area contributed by atoms with Gasteiger partial charge in [-0.2, -0.15) is 0 Å². The largest absolute Gasteiger partial charge is 0.444 e. The zero-order valence-electron chi connectivity index (χ0n) is 17.6. The van der Waals surface area contributed by atoms with Gasteiger partial charge in [-0.05, 0) is 50.5 Å². The van der Waals surface area contributed by atoms with Crippen LogP contribution in [-0.4, -0.2) is 37.2 Å². The molecule has 6 nitrogen and oxygen atoms in total. The van der Waals surface area contributed by atoms with Crippen LogP contribution in [0.2, 0.25) is 0 Å². The van der Waals surface area contributed by atoms with Crippen molar-refractivity contribution in [3.8, 4) is 0 Å². The predicted molar refractivity (Wildman–Crippen MR) is 114 cm³/mol. The molecular weight excluding hydrogens is 402 g/mol. The fourth-order valence-corrected chi connectivity index (χ4v) is 6.04. The van der Waals surface area contributed by atoms with Crippen molar-refractivity contribution in [3.05, 3.63) is 65.7 Å². The van der Waals surface area contributed by atoms with Crippen LogP contribution in [-0.2, 0) is 25.8 Å².